The van der Waals surface area contributed by atoms with Gasteiger partial charge >= 0.3 is 0 Å². The summed E-state index contributed by atoms with van der Waals surface area (Å²) in [5, 5.41) is 18.5. The number of hydrogen-bond donors (Lipinski definition) is 2. The van der Waals surface area contributed by atoms with E-state index >= 15 is 0 Å². The Kier molecular flexibility index (Phi) is 7.11. The van der Waals surface area contributed by atoms with Crippen LogP contribution in [0.3, 0.4) is 0 Å². The van der Waals surface area contributed by atoms with Crippen molar-refractivity contribution in [3.8, 4) is 17.4 Å². The van der Waals surface area contributed by atoms with Gasteiger partial charge in [-0.2, -0.15) is 4.98 Å². The Hall–Kier alpha value is -1.54. The van der Waals surface area contributed by atoms with Crippen molar-refractivity contribution >= 4 is 27.5 Å². The third-order valence-corrected chi connectivity index (χ3v) is 3.81. The predicted octanol–water partition coefficient (Wildman–Crippen LogP) is 2.82. The fourth-order valence-corrected chi connectivity index (χ4v) is 2.60. The number of hydrogen-bond acceptors (Lipinski definition) is 6. The van der Waals surface area contributed by atoms with Crippen LogP contribution in [-0.2, 0) is 6.61 Å². The highest BCUT2D eigenvalue weighted by atomic mass is 79.9. The monoisotopic (exact) mass is 417 g/mol. The van der Waals surface area contributed by atoms with Crippen LogP contribution in [0.1, 0.15) is 5.56 Å². The van der Waals surface area contributed by atoms with Gasteiger partial charge in [-0.3, -0.25) is 0 Å². The molecule has 2 rings (SSSR count). The summed E-state index contributed by atoms with van der Waals surface area (Å²) in [6, 6.07) is 9.02. The molecule has 1 aromatic carbocycles. The fourth-order valence-electron chi connectivity index (χ4n) is 1.79. The van der Waals surface area contributed by atoms with Gasteiger partial charge in [0, 0.05) is 0 Å². The molecule has 6 nitrogen and oxygen atoms in total. The summed E-state index contributed by atoms with van der Waals surface area (Å²) in [5.74, 6) is 1.26. The van der Waals surface area contributed by atoms with E-state index < -0.39 is 12.7 Å². The second-order valence-electron chi connectivity index (χ2n) is 4.85. The van der Waals surface area contributed by atoms with Gasteiger partial charge in [-0.15, -0.1) is 0 Å². The van der Waals surface area contributed by atoms with E-state index in [1.807, 2.05) is 24.3 Å². The van der Waals surface area contributed by atoms with E-state index in [4.69, 9.17) is 30.9 Å². The van der Waals surface area contributed by atoms with E-state index in [1.54, 1.807) is 13.2 Å². The van der Waals surface area contributed by atoms with Crippen LogP contribution in [-0.4, -0.2) is 41.6 Å². The number of halogens is 2. The lowest BCUT2D eigenvalue weighted by Gasteiger charge is -2.15. The number of pyridine rings is 1. The first-order valence-electron chi connectivity index (χ1n) is 7.07. The summed E-state index contributed by atoms with van der Waals surface area (Å²) in [7, 11) is 1.60. The zero-order valence-corrected chi connectivity index (χ0v) is 15.2. The summed E-state index contributed by atoms with van der Waals surface area (Å²) in [5.41, 5.74) is 0.930. The molecule has 0 unspecified atom stereocenters. The Morgan fingerprint density at radius 3 is 2.58 bits per heavy atom. The van der Waals surface area contributed by atoms with Gasteiger partial charge in [-0.1, -0.05) is 23.7 Å². The molecule has 1 heterocycles. The number of rotatable bonds is 8. The zero-order valence-electron chi connectivity index (χ0n) is 12.9. The maximum Gasteiger partial charge on any atom is 0.259 e. The van der Waals surface area contributed by atoms with Crippen molar-refractivity contribution in [1.29, 1.82) is 0 Å². The highest BCUT2D eigenvalue weighted by molar-refractivity contribution is 9.10. The van der Waals surface area contributed by atoms with Gasteiger partial charge in [-0.25, -0.2) is 0 Å². The van der Waals surface area contributed by atoms with Gasteiger partial charge in [0.05, 0.1) is 18.2 Å². The third kappa shape index (κ3) is 5.24. The average molecular weight is 419 g/mol. The quantitative estimate of drug-likeness (QED) is 0.642. The van der Waals surface area contributed by atoms with Gasteiger partial charge in [0.25, 0.3) is 5.88 Å². The molecule has 2 N–H and O–H groups in total. The minimum Gasteiger partial charge on any atom is -0.497 e. The maximum absolute atomic E-state index is 9.41. The van der Waals surface area contributed by atoms with Crippen LogP contribution < -0.4 is 14.2 Å². The van der Waals surface area contributed by atoms with Crippen molar-refractivity contribution in [2.24, 2.45) is 0 Å². The van der Waals surface area contributed by atoms with Crippen LogP contribution in [0, 0.1) is 0 Å². The molecule has 1 atom stereocenters. The van der Waals surface area contributed by atoms with Crippen LogP contribution in [0.4, 0.5) is 0 Å². The van der Waals surface area contributed by atoms with Crippen molar-refractivity contribution in [3.05, 3.63) is 45.5 Å². The summed E-state index contributed by atoms with van der Waals surface area (Å²) in [6.45, 7) is -0.260. The predicted molar refractivity (Wildman–Crippen MR) is 92.9 cm³/mol. The Bertz CT molecular complexity index is 668. The zero-order chi connectivity index (χ0) is 17.5. The summed E-state index contributed by atoms with van der Waals surface area (Å²) in [6.07, 6.45) is -1.01. The largest absolute Gasteiger partial charge is 0.497 e. The van der Waals surface area contributed by atoms with Crippen molar-refractivity contribution in [2.45, 2.75) is 12.7 Å². The molecule has 0 fully saturated rings. The van der Waals surface area contributed by atoms with Crippen LogP contribution >= 0.6 is 27.5 Å². The number of aliphatic hydroxyl groups is 2. The number of aromatic nitrogens is 1. The summed E-state index contributed by atoms with van der Waals surface area (Å²) < 4.78 is 16.9. The first-order valence-corrected chi connectivity index (χ1v) is 8.24. The topological polar surface area (TPSA) is 81.0 Å². The van der Waals surface area contributed by atoms with E-state index in [2.05, 4.69) is 20.9 Å². The Morgan fingerprint density at radius 1 is 1.25 bits per heavy atom. The Morgan fingerprint density at radius 2 is 1.96 bits per heavy atom. The third-order valence-electron chi connectivity index (χ3n) is 3.03. The SMILES string of the molecule is COc1ccc(COc2c(Br)cc(Cl)nc2OC[C@@H](O)CO)cc1. The normalized spacial score (nSPS) is 11.9. The summed E-state index contributed by atoms with van der Waals surface area (Å²) in [4.78, 5) is 4.06. The molecule has 0 aliphatic carbocycles. The van der Waals surface area contributed by atoms with Crippen molar-refractivity contribution < 1.29 is 24.4 Å². The molecule has 8 heteroatoms. The number of aliphatic hydroxyl groups excluding tert-OH is 2. The molecule has 0 aliphatic heterocycles. The average Bonchev–Trinajstić information content (AvgIpc) is 2.59. The molecule has 0 spiro atoms. The van der Waals surface area contributed by atoms with Crippen LogP contribution in [0.15, 0.2) is 34.8 Å². The second-order valence-corrected chi connectivity index (χ2v) is 6.09. The van der Waals surface area contributed by atoms with Crippen molar-refractivity contribution in [2.75, 3.05) is 20.3 Å². The Labute approximate surface area is 153 Å². The molecular formula is C16H17BrClNO5. The molecule has 24 heavy (non-hydrogen) atoms. The highest BCUT2D eigenvalue weighted by Gasteiger charge is 2.15. The maximum atomic E-state index is 9.41. The molecule has 130 valence electrons. The number of benzene rings is 1. The summed E-state index contributed by atoms with van der Waals surface area (Å²) >= 11 is 9.28. The minimum atomic E-state index is -1.01. The molecule has 2 aromatic rings. The standard InChI is InChI=1S/C16H17BrClNO5/c1-22-12-4-2-10(3-5-12)8-23-15-13(17)6-14(18)19-16(15)24-9-11(21)7-20/h2-6,11,20-21H,7-9H2,1H3/t11-/m0/s1. The number of nitrogens with zero attached hydrogens (tertiary/aromatic N) is 1. The number of methoxy groups -OCH3 is 1. The minimum absolute atomic E-state index is 0.130. The van der Waals surface area contributed by atoms with Crippen molar-refractivity contribution in [3.63, 3.8) is 0 Å². The van der Waals surface area contributed by atoms with Crippen molar-refractivity contribution in [1.82, 2.24) is 4.98 Å². The van der Waals surface area contributed by atoms with Gasteiger partial charge < -0.3 is 24.4 Å². The molecule has 1 aromatic heterocycles. The van der Waals surface area contributed by atoms with E-state index in [0.717, 1.165) is 11.3 Å². The lowest BCUT2D eigenvalue weighted by atomic mass is 10.2. The van der Waals surface area contributed by atoms with E-state index in [1.165, 1.54) is 0 Å². The molecule has 0 amide bonds. The second kappa shape index (κ2) is 9.08. The lowest BCUT2D eigenvalue weighted by Crippen LogP contribution is -2.22. The first kappa shape index (κ1) is 18.8. The Balaban J connectivity index is 2.12. The molecule has 0 saturated heterocycles. The molecular weight excluding hydrogens is 402 g/mol. The molecule has 0 aliphatic rings. The van der Waals surface area contributed by atoms with E-state index in [0.29, 0.717) is 10.2 Å². The van der Waals surface area contributed by atoms with Gasteiger partial charge in [0.1, 0.15) is 30.2 Å². The molecule has 0 bridgehead atoms. The van der Waals surface area contributed by atoms with Crippen LogP contribution in [0.5, 0.6) is 17.4 Å². The van der Waals surface area contributed by atoms with Crippen LogP contribution in [0.2, 0.25) is 5.15 Å². The van der Waals surface area contributed by atoms with Gasteiger partial charge in [0.15, 0.2) is 5.75 Å². The van der Waals surface area contributed by atoms with E-state index in [9.17, 15) is 5.11 Å². The van der Waals surface area contributed by atoms with Crippen LogP contribution in [0.25, 0.3) is 0 Å². The lowest BCUT2D eigenvalue weighted by molar-refractivity contribution is 0.0507. The fraction of sp³-hybridized carbons (Fsp3) is 0.312. The molecule has 0 radical (unpaired) electrons. The van der Waals surface area contributed by atoms with Gasteiger partial charge in [-0.05, 0) is 39.7 Å². The molecule has 0 saturated carbocycles. The highest BCUT2D eigenvalue weighted by Crippen LogP contribution is 2.36. The van der Waals surface area contributed by atoms with Gasteiger partial charge in [0.2, 0.25) is 0 Å². The smallest absolute Gasteiger partial charge is 0.259 e. The number of ether oxygens (including phenoxy) is 3. The van der Waals surface area contributed by atoms with E-state index in [-0.39, 0.29) is 24.2 Å². The first-order chi connectivity index (χ1) is 11.5.